The van der Waals surface area contributed by atoms with Crippen molar-refractivity contribution < 1.29 is 22.1 Å². The second kappa shape index (κ2) is 8.14. The second-order valence-electron chi connectivity index (χ2n) is 8.48. The maximum absolute atomic E-state index is 12.2. The Hall–Kier alpha value is -1.67. The predicted molar refractivity (Wildman–Crippen MR) is 104 cm³/mol. The fraction of sp³-hybridized carbons (Fsp3) is 0.684. The minimum absolute atomic E-state index is 0.0658. The standard InChI is InChI=1S/C19H30N2O5S/c1-12-9-14(10-13(2)17(12)26-27(6,23)24)15-7-8-20-11-16(15)21-18(22)25-19(3,4)5/h7-8,11-14,17H,9-10H2,1-6H3,(H,21,22)/t12-,13+,14?,17?. The minimum Gasteiger partial charge on any atom is -0.444 e. The Labute approximate surface area is 162 Å². The van der Waals surface area contributed by atoms with Gasteiger partial charge in [0, 0.05) is 6.20 Å². The van der Waals surface area contributed by atoms with Crippen molar-refractivity contribution in [3.8, 4) is 0 Å². The molecule has 0 radical (unpaired) electrons. The van der Waals surface area contributed by atoms with E-state index in [9.17, 15) is 13.2 Å². The van der Waals surface area contributed by atoms with Crippen LogP contribution >= 0.6 is 0 Å². The molecule has 0 spiro atoms. The third-order valence-electron chi connectivity index (χ3n) is 4.65. The Balaban J connectivity index is 2.16. The van der Waals surface area contributed by atoms with E-state index in [0.717, 1.165) is 24.7 Å². The molecule has 1 fully saturated rings. The number of hydrogen-bond acceptors (Lipinski definition) is 6. The molecule has 0 aliphatic heterocycles. The van der Waals surface area contributed by atoms with Crippen LogP contribution in [0, 0.1) is 11.8 Å². The smallest absolute Gasteiger partial charge is 0.412 e. The van der Waals surface area contributed by atoms with Crippen LogP contribution in [0.2, 0.25) is 0 Å². The Morgan fingerprint density at radius 1 is 1.22 bits per heavy atom. The summed E-state index contributed by atoms with van der Waals surface area (Å²) in [5.41, 5.74) is 1.02. The van der Waals surface area contributed by atoms with Gasteiger partial charge in [0.2, 0.25) is 0 Å². The van der Waals surface area contributed by atoms with E-state index in [4.69, 9.17) is 8.92 Å². The second-order valence-corrected chi connectivity index (χ2v) is 10.1. The van der Waals surface area contributed by atoms with Crippen LogP contribution in [-0.4, -0.2) is 37.5 Å². The molecule has 2 unspecified atom stereocenters. The monoisotopic (exact) mass is 398 g/mol. The maximum Gasteiger partial charge on any atom is 0.412 e. The zero-order valence-electron chi connectivity index (χ0n) is 16.9. The minimum atomic E-state index is -3.50. The molecule has 4 atom stereocenters. The lowest BCUT2D eigenvalue weighted by atomic mass is 9.72. The van der Waals surface area contributed by atoms with Gasteiger partial charge in [-0.15, -0.1) is 0 Å². The van der Waals surface area contributed by atoms with Crippen molar-refractivity contribution in [1.82, 2.24) is 4.98 Å². The molecule has 1 aliphatic carbocycles. The van der Waals surface area contributed by atoms with Gasteiger partial charge in [0.25, 0.3) is 10.1 Å². The molecular weight excluding hydrogens is 368 g/mol. The quantitative estimate of drug-likeness (QED) is 0.773. The first-order valence-corrected chi connectivity index (χ1v) is 11.0. The molecule has 152 valence electrons. The summed E-state index contributed by atoms with van der Waals surface area (Å²) in [6.07, 6.45) is 5.07. The average molecular weight is 399 g/mol. The number of pyridine rings is 1. The van der Waals surface area contributed by atoms with Crippen LogP contribution in [0.15, 0.2) is 18.5 Å². The normalized spacial score (nSPS) is 26.4. The van der Waals surface area contributed by atoms with Crippen molar-refractivity contribution in [3.05, 3.63) is 24.0 Å². The Morgan fingerprint density at radius 3 is 2.33 bits per heavy atom. The van der Waals surface area contributed by atoms with Crippen LogP contribution in [0.5, 0.6) is 0 Å². The van der Waals surface area contributed by atoms with Gasteiger partial charge in [-0.1, -0.05) is 13.8 Å². The van der Waals surface area contributed by atoms with E-state index in [-0.39, 0.29) is 23.9 Å². The number of carbonyl (C=O) groups excluding carboxylic acids is 1. The lowest BCUT2D eigenvalue weighted by Gasteiger charge is -2.38. The highest BCUT2D eigenvalue weighted by Gasteiger charge is 2.37. The van der Waals surface area contributed by atoms with E-state index >= 15 is 0 Å². The molecule has 1 N–H and O–H groups in total. The van der Waals surface area contributed by atoms with E-state index in [0.29, 0.717) is 5.69 Å². The average Bonchev–Trinajstić information content (AvgIpc) is 2.48. The lowest BCUT2D eigenvalue weighted by Crippen LogP contribution is -2.37. The van der Waals surface area contributed by atoms with Gasteiger partial charge in [0.15, 0.2) is 0 Å². The molecule has 1 aromatic rings. The molecule has 1 aromatic heterocycles. The first-order valence-electron chi connectivity index (χ1n) is 9.18. The van der Waals surface area contributed by atoms with Crippen LogP contribution in [0.3, 0.4) is 0 Å². The van der Waals surface area contributed by atoms with E-state index in [1.807, 2.05) is 40.7 Å². The van der Waals surface area contributed by atoms with Gasteiger partial charge in [0.05, 0.1) is 24.2 Å². The molecule has 0 saturated heterocycles. The zero-order valence-corrected chi connectivity index (χ0v) is 17.7. The summed E-state index contributed by atoms with van der Waals surface area (Å²) in [5, 5.41) is 2.79. The molecule has 1 amide bonds. The first-order chi connectivity index (χ1) is 12.4. The van der Waals surface area contributed by atoms with Gasteiger partial charge in [-0.25, -0.2) is 4.79 Å². The summed E-state index contributed by atoms with van der Waals surface area (Å²) in [7, 11) is -3.50. The van der Waals surface area contributed by atoms with E-state index in [1.54, 1.807) is 12.4 Å². The number of nitrogens with one attached hydrogen (secondary N) is 1. The van der Waals surface area contributed by atoms with Crippen LogP contribution in [-0.2, 0) is 19.0 Å². The van der Waals surface area contributed by atoms with Crippen molar-refractivity contribution in [1.29, 1.82) is 0 Å². The largest absolute Gasteiger partial charge is 0.444 e. The number of amides is 1. The summed E-state index contributed by atoms with van der Waals surface area (Å²) in [4.78, 5) is 16.3. The number of rotatable bonds is 4. The van der Waals surface area contributed by atoms with Crippen LogP contribution in [0.4, 0.5) is 10.5 Å². The lowest BCUT2D eigenvalue weighted by molar-refractivity contribution is 0.0524. The molecule has 0 bridgehead atoms. The van der Waals surface area contributed by atoms with Crippen molar-refractivity contribution >= 4 is 21.9 Å². The molecule has 1 saturated carbocycles. The number of anilines is 1. The van der Waals surface area contributed by atoms with E-state index in [2.05, 4.69) is 10.3 Å². The summed E-state index contributed by atoms with van der Waals surface area (Å²) >= 11 is 0. The van der Waals surface area contributed by atoms with Gasteiger partial charge in [0.1, 0.15) is 5.60 Å². The number of ether oxygens (including phenoxy) is 1. The van der Waals surface area contributed by atoms with Gasteiger partial charge in [-0.2, -0.15) is 8.42 Å². The van der Waals surface area contributed by atoms with Gasteiger partial charge < -0.3 is 4.74 Å². The third-order valence-corrected chi connectivity index (χ3v) is 5.22. The fourth-order valence-corrected chi connectivity index (χ4v) is 4.53. The van der Waals surface area contributed by atoms with Crippen molar-refractivity contribution in [2.75, 3.05) is 11.6 Å². The van der Waals surface area contributed by atoms with Crippen LogP contribution in [0.25, 0.3) is 0 Å². The molecule has 27 heavy (non-hydrogen) atoms. The summed E-state index contributed by atoms with van der Waals surface area (Å²) in [5.74, 6) is 0.300. The topological polar surface area (TPSA) is 94.6 Å². The summed E-state index contributed by atoms with van der Waals surface area (Å²) in [6, 6.07) is 1.90. The van der Waals surface area contributed by atoms with Crippen molar-refractivity contribution in [3.63, 3.8) is 0 Å². The molecule has 7 nitrogen and oxygen atoms in total. The molecular formula is C19H30N2O5S. The highest BCUT2D eigenvalue weighted by atomic mass is 32.2. The molecule has 1 heterocycles. The molecule has 8 heteroatoms. The summed E-state index contributed by atoms with van der Waals surface area (Å²) in [6.45, 7) is 9.43. The SMILES string of the molecule is C[C@@H]1CC(c2ccncc2NC(=O)OC(C)(C)C)C[C@H](C)C1OS(C)(=O)=O. The number of nitrogens with zero attached hydrogens (tertiary/aromatic N) is 1. The first kappa shape index (κ1) is 21.6. The Bertz CT molecular complexity index is 761. The summed E-state index contributed by atoms with van der Waals surface area (Å²) < 4.78 is 33.7. The zero-order chi connectivity index (χ0) is 20.4. The third kappa shape index (κ3) is 6.46. The van der Waals surface area contributed by atoms with Crippen LogP contribution in [0.1, 0.15) is 58.9 Å². The van der Waals surface area contributed by atoms with Crippen LogP contribution < -0.4 is 5.32 Å². The number of carbonyl (C=O) groups is 1. The highest BCUT2D eigenvalue weighted by molar-refractivity contribution is 7.86. The van der Waals surface area contributed by atoms with E-state index in [1.165, 1.54) is 0 Å². The van der Waals surface area contributed by atoms with Gasteiger partial charge in [-0.3, -0.25) is 14.5 Å². The Morgan fingerprint density at radius 2 is 1.81 bits per heavy atom. The maximum atomic E-state index is 12.2. The van der Waals surface area contributed by atoms with Crippen molar-refractivity contribution in [2.24, 2.45) is 11.8 Å². The number of aromatic nitrogens is 1. The fourth-order valence-electron chi connectivity index (χ4n) is 3.75. The van der Waals surface area contributed by atoms with Crippen molar-refractivity contribution in [2.45, 2.75) is 65.1 Å². The van der Waals surface area contributed by atoms with Gasteiger partial charge >= 0.3 is 6.09 Å². The molecule has 1 aliphatic rings. The Kier molecular flexibility index (Phi) is 6.52. The van der Waals surface area contributed by atoms with E-state index < -0.39 is 21.8 Å². The van der Waals surface area contributed by atoms with Gasteiger partial charge in [-0.05, 0) is 63.0 Å². The molecule has 0 aromatic carbocycles. The highest BCUT2D eigenvalue weighted by Crippen LogP contribution is 2.43. The predicted octanol–water partition coefficient (Wildman–Crippen LogP) is 3.92. The molecule has 2 rings (SSSR count). The number of hydrogen-bond donors (Lipinski definition) is 1.